The van der Waals surface area contributed by atoms with E-state index in [4.69, 9.17) is 5.11 Å². The van der Waals surface area contributed by atoms with Crippen LogP contribution >= 0.6 is 0 Å². The molecule has 0 saturated carbocycles. The van der Waals surface area contributed by atoms with E-state index in [-0.39, 0.29) is 16.9 Å². The van der Waals surface area contributed by atoms with E-state index in [2.05, 4.69) is 15.0 Å². The summed E-state index contributed by atoms with van der Waals surface area (Å²) >= 11 is 0. The van der Waals surface area contributed by atoms with Gasteiger partial charge in [0.15, 0.2) is 5.69 Å². The number of rotatable bonds is 4. The zero-order valence-corrected chi connectivity index (χ0v) is 10.0. The minimum Gasteiger partial charge on any atom is -0.478 e. The van der Waals surface area contributed by atoms with Crippen LogP contribution in [-0.2, 0) is 4.79 Å². The van der Waals surface area contributed by atoms with Crippen LogP contribution in [0.25, 0.3) is 6.08 Å². The van der Waals surface area contributed by atoms with Crippen molar-refractivity contribution in [2.24, 2.45) is 0 Å². The van der Waals surface area contributed by atoms with Crippen LogP contribution in [-0.4, -0.2) is 22.1 Å². The summed E-state index contributed by atoms with van der Waals surface area (Å²) in [4.78, 5) is 22.0. The minimum absolute atomic E-state index is 0.0697. The Balaban J connectivity index is 2.13. The summed E-state index contributed by atoms with van der Waals surface area (Å²) in [7, 11) is 0. The van der Waals surface area contributed by atoms with Crippen molar-refractivity contribution < 1.29 is 23.6 Å². The fraction of sp³-hybridized carbons (Fsp3) is 0. The molecule has 0 unspecified atom stereocenters. The van der Waals surface area contributed by atoms with Crippen LogP contribution < -0.4 is 5.32 Å². The second-order valence-corrected chi connectivity index (χ2v) is 3.75. The van der Waals surface area contributed by atoms with Crippen LogP contribution in [0.2, 0.25) is 0 Å². The van der Waals surface area contributed by atoms with Crippen LogP contribution in [0.15, 0.2) is 41.1 Å². The van der Waals surface area contributed by atoms with Gasteiger partial charge in [0.2, 0.25) is 0 Å². The zero-order valence-electron chi connectivity index (χ0n) is 10.0. The normalized spacial score (nSPS) is 10.7. The number of nitrogens with one attached hydrogen (secondary N) is 1. The maximum atomic E-state index is 13.7. The van der Waals surface area contributed by atoms with E-state index in [0.29, 0.717) is 0 Å². The molecule has 2 aromatic rings. The largest absolute Gasteiger partial charge is 0.478 e. The van der Waals surface area contributed by atoms with Crippen LogP contribution in [0.3, 0.4) is 0 Å². The second-order valence-electron chi connectivity index (χ2n) is 3.75. The van der Waals surface area contributed by atoms with Crippen LogP contribution in [0.1, 0.15) is 16.1 Å². The standard InChI is InChI=1S/C13H9FN2O4/c14-10-7-9(3-1-8(10)2-4-12(17)18)15-13(19)11-5-6-20-16-11/h1-7H,(H,15,19)(H,17,18). The molecule has 0 saturated heterocycles. The Morgan fingerprint density at radius 1 is 1.35 bits per heavy atom. The smallest absolute Gasteiger partial charge is 0.328 e. The fourth-order valence-electron chi connectivity index (χ4n) is 1.43. The number of aliphatic carboxylic acids is 1. The number of carboxylic acid groups (broad SMARTS) is 1. The van der Waals surface area contributed by atoms with Gasteiger partial charge in [-0.2, -0.15) is 0 Å². The Morgan fingerprint density at radius 3 is 2.75 bits per heavy atom. The highest BCUT2D eigenvalue weighted by molar-refractivity contribution is 6.02. The molecule has 1 amide bonds. The van der Waals surface area contributed by atoms with Gasteiger partial charge in [-0.15, -0.1) is 0 Å². The summed E-state index contributed by atoms with van der Waals surface area (Å²) < 4.78 is 18.2. The lowest BCUT2D eigenvalue weighted by atomic mass is 10.1. The lowest BCUT2D eigenvalue weighted by Gasteiger charge is -2.04. The molecule has 0 bridgehead atoms. The molecule has 6 nitrogen and oxygen atoms in total. The van der Waals surface area contributed by atoms with Gasteiger partial charge in [0.25, 0.3) is 5.91 Å². The maximum absolute atomic E-state index is 13.7. The molecule has 0 aliphatic rings. The summed E-state index contributed by atoms with van der Waals surface area (Å²) in [6.45, 7) is 0. The number of amides is 1. The van der Waals surface area contributed by atoms with E-state index in [9.17, 15) is 14.0 Å². The van der Waals surface area contributed by atoms with Crippen molar-refractivity contribution in [1.29, 1.82) is 0 Å². The van der Waals surface area contributed by atoms with Gasteiger partial charge in [0.1, 0.15) is 12.1 Å². The summed E-state index contributed by atoms with van der Waals surface area (Å²) in [5, 5.41) is 14.3. The first-order valence-electron chi connectivity index (χ1n) is 5.48. The summed E-state index contributed by atoms with van der Waals surface area (Å²) in [6.07, 6.45) is 3.20. The minimum atomic E-state index is -1.17. The van der Waals surface area contributed by atoms with Crippen molar-refractivity contribution in [3.05, 3.63) is 53.7 Å². The zero-order chi connectivity index (χ0) is 14.5. The number of benzene rings is 1. The van der Waals surface area contributed by atoms with E-state index in [1.54, 1.807) is 0 Å². The molecule has 1 aromatic carbocycles. The molecule has 0 aliphatic heterocycles. The number of halogens is 1. The molecule has 1 heterocycles. The van der Waals surface area contributed by atoms with Crippen LogP contribution in [0.5, 0.6) is 0 Å². The van der Waals surface area contributed by atoms with Crippen molar-refractivity contribution in [2.45, 2.75) is 0 Å². The Labute approximate surface area is 112 Å². The third-order valence-electron chi connectivity index (χ3n) is 2.33. The molecule has 20 heavy (non-hydrogen) atoms. The molecule has 1 aromatic heterocycles. The molecule has 7 heteroatoms. The SMILES string of the molecule is O=C(O)C=Cc1ccc(NC(=O)c2ccon2)cc1F. The third kappa shape index (κ3) is 3.29. The number of carbonyl (C=O) groups excluding carboxylic acids is 1. The number of aromatic nitrogens is 1. The van der Waals surface area contributed by atoms with Gasteiger partial charge in [-0.3, -0.25) is 4.79 Å². The molecule has 0 radical (unpaired) electrons. The summed E-state index contributed by atoms with van der Waals surface area (Å²) in [6, 6.07) is 5.25. The highest BCUT2D eigenvalue weighted by Crippen LogP contribution is 2.16. The predicted molar refractivity (Wildman–Crippen MR) is 67.5 cm³/mol. The Hall–Kier alpha value is -2.96. The Morgan fingerprint density at radius 2 is 2.15 bits per heavy atom. The van der Waals surface area contributed by atoms with Crippen molar-refractivity contribution in [1.82, 2.24) is 5.16 Å². The quantitative estimate of drug-likeness (QED) is 0.835. The molecular formula is C13H9FN2O4. The predicted octanol–water partition coefficient (Wildman–Crippen LogP) is 2.16. The van der Waals surface area contributed by atoms with Crippen LogP contribution in [0.4, 0.5) is 10.1 Å². The van der Waals surface area contributed by atoms with E-state index >= 15 is 0 Å². The monoisotopic (exact) mass is 276 g/mol. The van der Waals surface area contributed by atoms with Crippen molar-refractivity contribution in [3.8, 4) is 0 Å². The average molecular weight is 276 g/mol. The molecule has 0 fully saturated rings. The van der Waals surface area contributed by atoms with Gasteiger partial charge < -0.3 is 14.9 Å². The first-order chi connectivity index (χ1) is 9.56. The van der Waals surface area contributed by atoms with Crippen LogP contribution in [0, 0.1) is 5.82 Å². The molecule has 2 rings (SSSR count). The number of hydrogen-bond acceptors (Lipinski definition) is 4. The first-order valence-corrected chi connectivity index (χ1v) is 5.48. The van der Waals surface area contributed by atoms with Gasteiger partial charge in [0, 0.05) is 23.4 Å². The lowest BCUT2D eigenvalue weighted by molar-refractivity contribution is -0.131. The molecule has 2 N–H and O–H groups in total. The van der Waals surface area contributed by atoms with E-state index in [0.717, 1.165) is 18.2 Å². The van der Waals surface area contributed by atoms with Gasteiger partial charge in [-0.1, -0.05) is 5.16 Å². The number of carboxylic acids is 1. The number of hydrogen-bond donors (Lipinski definition) is 2. The topological polar surface area (TPSA) is 92.4 Å². The van der Waals surface area contributed by atoms with E-state index < -0.39 is 17.7 Å². The van der Waals surface area contributed by atoms with E-state index in [1.807, 2.05) is 0 Å². The van der Waals surface area contributed by atoms with Gasteiger partial charge in [-0.05, 0) is 24.3 Å². The molecule has 0 atom stereocenters. The highest BCUT2D eigenvalue weighted by Gasteiger charge is 2.10. The Kier molecular flexibility index (Phi) is 3.90. The molecule has 0 spiro atoms. The van der Waals surface area contributed by atoms with Gasteiger partial charge in [0.05, 0.1) is 0 Å². The summed E-state index contributed by atoms with van der Waals surface area (Å²) in [5.41, 5.74) is 0.398. The number of nitrogens with zero attached hydrogens (tertiary/aromatic N) is 1. The van der Waals surface area contributed by atoms with Gasteiger partial charge >= 0.3 is 5.97 Å². The third-order valence-corrected chi connectivity index (χ3v) is 2.33. The fourth-order valence-corrected chi connectivity index (χ4v) is 1.43. The average Bonchev–Trinajstić information content (AvgIpc) is 2.91. The number of carbonyl (C=O) groups is 2. The molecular weight excluding hydrogens is 267 g/mol. The highest BCUT2D eigenvalue weighted by atomic mass is 19.1. The van der Waals surface area contributed by atoms with E-state index in [1.165, 1.54) is 24.5 Å². The lowest BCUT2D eigenvalue weighted by Crippen LogP contribution is -2.12. The van der Waals surface area contributed by atoms with Crippen molar-refractivity contribution >= 4 is 23.6 Å². The van der Waals surface area contributed by atoms with Gasteiger partial charge in [-0.25, -0.2) is 9.18 Å². The van der Waals surface area contributed by atoms with Crippen molar-refractivity contribution in [3.63, 3.8) is 0 Å². The maximum Gasteiger partial charge on any atom is 0.328 e. The number of anilines is 1. The second kappa shape index (κ2) is 5.79. The molecule has 102 valence electrons. The molecule has 0 aliphatic carbocycles. The first kappa shape index (κ1) is 13.5. The Bertz CT molecular complexity index is 665. The van der Waals surface area contributed by atoms with Crippen molar-refractivity contribution in [2.75, 3.05) is 5.32 Å². The summed E-state index contributed by atoms with van der Waals surface area (Å²) in [5.74, 6) is -2.36.